The summed E-state index contributed by atoms with van der Waals surface area (Å²) in [6.07, 6.45) is 1.09. The van der Waals surface area contributed by atoms with Gasteiger partial charge in [0, 0.05) is 12.1 Å². The van der Waals surface area contributed by atoms with Crippen LogP contribution in [0.3, 0.4) is 0 Å². The minimum absolute atomic E-state index is 0.000143. The molecular formula is C16H14F2N2O. The van der Waals surface area contributed by atoms with Crippen molar-refractivity contribution in [2.24, 2.45) is 5.73 Å². The molecule has 0 aromatic heterocycles. The van der Waals surface area contributed by atoms with Gasteiger partial charge >= 0.3 is 0 Å². The van der Waals surface area contributed by atoms with Crippen LogP contribution in [0.1, 0.15) is 29.2 Å². The number of halogens is 2. The molecule has 0 saturated carbocycles. The van der Waals surface area contributed by atoms with Crippen molar-refractivity contribution in [3.8, 4) is 0 Å². The lowest BCUT2D eigenvalue weighted by atomic mass is 9.94. The highest BCUT2D eigenvalue weighted by molar-refractivity contribution is 5.93. The first-order chi connectivity index (χ1) is 10.0. The van der Waals surface area contributed by atoms with Crippen LogP contribution in [0, 0.1) is 11.6 Å². The molecule has 0 fully saturated rings. The highest BCUT2D eigenvalue weighted by atomic mass is 19.2. The van der Waals surface area contributed by atoms with Crippen LogP contribution in [-0.2, 0) is 11.2 Å². The lowest BCUT2D eigenvalue weighted by Crippen LogP contribution is -2.20. The molecular weight excluding hydrogens is 274 g/mol. The largest absolute Gasteiger partial charge is 0.326 e. The number of carbonyl (C=O) groups is 1. The molecule has 1 unspecified atom stereocenters. The van der Waals surface area contributed by atoms with Gasteiger partial charge in [0.15, 0.2) is 11.6 Å². The number of amides is 1. The number of hydrogen-bond acceptors (Lipinski definition) is 2. The number of nitrogens with one attached hydrogen (secondary N) is 1. The average Bonchev–Trinajstić information content (AvgIpc) is 2.49. The number of hydrogen-bond donors (Lipinski definition) is 2. The summed E-state index contributed by atoms with van der Waals surface area (Å²) in [6, 6.07) is 8.61. The van der Waals surface area contributed by atoms with Gasteiger partial charge < -0.3 is 11.1 Å². The SMILES string of the molecule is NC(c1ccc(F)c(F)c1)c1ccc2c(c1)CCC(=O)N2. The van der Waals surface area contributed by atoms with Gasteiger partial charge in [-0.25, -0.2) is 8.78 Å². The maximum Gasteiger partial charge on any atom is 0.224 e. The molecule has 2 aromatic rings. The van der Waals surface area contributed by atoms with Gasteiger partial charge in [-0.3, -0.25) is 4.79 Å². The second-order valence-corrected chi connectivity index (χ2v) is 5.12. The Balaban J connectivity index is 1.93. The van der Waals surface area contributed by atoms with Crippen LogP contribution in [0.5, 0.6) is 0 Å². The second kappa shape index (κ2) is 5.26. The van der Waals surface area contributed by atoms with Gasteiger partial charge in [0.2, 0.25) is 5.91 Å². The van der Waals surface area contributed by atoms with Crippen LogP contribution in [0.4, 0.5) is 14.5 Å². The lowest BCUT2D eigenvalue weighted by molar-refractivity contribution is -0.116. The van der Waals surface area contributed by atoms with Crippen LogP contribution in [0.15, 0.2) is 36.4 Å². The molecule has 5 heteroatoms. The van der Waals surface area contributed by atoms with Crippen LogP contribution in [0.2, 0.25) is 0 Å². The number of anilines is 1. The van der Waals surface area contributed by atoms with E-state index in [1.165, 1.54) is 6.07 Å². The van der Waals surface area contributed by atoms with Crippen LogP contribution in [-0.4, -0.2) is 5.91 Å². The van der Waals surface area contributed by atoms with Crippen molar-refractivity contribution in [3.63, 3.8) is 0 Å². The summed E-state index contributed by atoms with van der Waals surface area (Å²) in [7, 11) is 0. The van der Waals surface area contributed by atoms with Gasteiger partial charge in [-0.15, -0.1) is 0 Å². The Morgan fingerprint density at radius 2 is 1.71 bits per heavy atom. The van der Waals surface area contributed by atoms with E-state index in [4.69, 9.17) is 5.73 Å². The number of carbonyl (C=O) groups excluding carboxylic acids is 1. The molecule has 1 aliphatic rings. The van der Waals surface area contributed by atoms with Gasteiger partial charge in [0.25, 0.3) is 0 Å². The van der Waals surface area contributed by atoms with Gasteiger partial charge in [-0.1, -0.05) is 18.2 Å². The minimum Gasteiger partial charge on any atom is -0.326 e. The Kier molecular flexibility index (Phi) is 3.43. The molecule has 0 bridgehead atoms. The third-order valence-electron chi connectivity index (χ3n) is 3.69. The standard InChI is InChI=1S/C16H14F2N2O/c17-12-4-1-11(8-13(12)18)16(19)10-2-5-14-9(7-10)3-6-15(21)20-14/h1-2,4-5,7-8,16H,3,6,19H2,(H,20,21). The first-order valence-corrected chi connectivity index (χ1v) is 6.68. The van der Waals surface area contributed by atoms with Gasteiger partial charge in [-0.2, -0.15) is 0 Å². The highest BCUT2D eigenvalue weighted by Crippen LogP contribution is 2.28. The van der Waals surface area contributed by atoms with Crippen LogP contribution in [0.25, 0.3) is 0 Å². The number of aryl methyl sites for hydroxylation is 1. The van der Waals surface area contributed by atoms with Gasteiger partial charge in [0.05, 0.1) is 6.04 Å². The van der Waals surface area contributed by atoms with Crippen molar-refractivity contribution in [1.82, 2.24) is 0 Å². The first-order valence-electron chi connectivity index (χ1n) is 6.68. The van der Waals surface area contributed by atoms with E-state index in [9.17, 15) is 13.6 Å². The van der Waals surface area contributed by atoms with Gasteiger partial charge in [0.1, 0.15) is 0 Å². The normalized spacial score (nSPS) is 15.3. The molecule has 1 atom stereocenters. The van der Waals surface area contributed by atoms with E-state index < -0.39 is 17.7 Å². The molecule has 0 spiro atoms. The summed E-state index contributed by atoms with van der Waals surface area (Å²) in [4.78, 5) is 11.3. The fourth-order valence-electron chi connectivity index (χ4n) is 2.50. The van der Waals surface area contributed by atoms with Crippen molar-refractivity contribution in [2.45, 2.75) is 18.9 Å². The molecule has 108 valence electrons. The Labute approximate surface area is 120 Å². The van der Waals surface area contributed by atoms with E-state index in [0.717, 1.165) is 28.9 Å². The number of benzene rings is 2. The zero-order valence-electron chi connectivity index (χ0n) is 11.2. The second-order valence-electron chi connectivity index (χ2n) is 5.12. The maximum atomic E-state index is 13.3. The van der Waals surface area contributed by atoms with Crippen LogP contribution >= 0.6 is 0 Å². The number of fused-ring (bicyclic) bond motifs is 1. The Morgan fingerprint density at radius 1 is 1.00 bits per heavy atom. The molecule has 1 heterocycles. The fourth-order valence-corrected chi connectivity index (χ4v) is 2.50. The summed E-state index contributed by atoms with van der Waals surface area (Å²) < 4.78 is 26.3. The highest BCUT2D eigenvalue weighted by Gasteiger charge is 2.17. The monoisotopic (exact) mass is 288 g/mol. The third kappa shape index (κ3) is 2.64. The topological polar surface area (TPSA) is 55.1 Å². The van der Waals surface area contributed by atoms with Gasteiger partial charge in [-0.05, 0) is 41.3 Å². The van der Waals surface area contributed by atoms with E-state index in [2.05, 4.69) is 5.32 Å². The zero-order chi connectivity index (χ0) is 15.0. The van der Waals surface area contributed by atoms with E-state index in [0.29, 0.717) is 18.4 Å². The number of rotatable bonds is 2. The Hall–Kier alpha value is -2.27. The lowest BCUT2D eigenvalue weighted by Gasteiger charge is -2.20. The molecule has 0 saturated heterocycles. The Bertz CT molecular complexity index is 715. The van der Waals surface area contributed by atoms with Crippen molar-refractivity contribution in [3.05, 3.63) is 64.7 Å². The van der Waals surface area contributed by atoms with Crippen molar-refractivity contribution in [1.29, 1.82) is 0 Å². The molecule has 0 radical (unpaired) electrons. The fraction of sp³-hybridized carbons (Fsp3) is 0.188. The summed E-state index contributed by atoms with van der Waals surface area (Å²) in [5.74, 6) is -1.80. The van der Waals surface area contributed by atoms with Crippen molar-refractivity contribution < 1.29 is 13.6 Å². The predicted molar refractivity (Wildman–Crippen MR) is 75.8 cm³/mol. The summed E-state index contributed by atoms with van der Waals surface area (Å²) in [5.41, 5.74) is 9.22. The smallest absolute Gasteiger partial charge is 0.224 e. The molecule has 0 aliphatic carbocycles. The van der Waals surface area contributed by atoms with E-state index in [1.54, 1.807) is 12.1 Å². The van der Waals surface area contributed by atoms with Crippen molar-refractivity contribution in [2.75, 3.05) is 5.32 Å². The van der Waals surface area contributed by atoms with E-state index >= 15 is 0 Å². The Morgan fingerprint density at radius 3 is 2.48 bits per heavy atom. The first kappa shape index (κ1) is 13.7. The summed E-state index contributed by atoms with van der Waals surface area (Å²) in [5, 5.41) is 2.79. The third-order valence-corrected chi connectivity index (χ3v) is 3.69. The maximum absolute atomic E-state index is 13.3. The molecule has 3 N–H and O–H groups in total. The molecule has 1 aliphatic heterocycles. The summed E-state index contributed by atoms with van der Waals surface area (Å²) in [6.45, 7) is 0. The predicted octanol–water partition coefficient (Wildman–Crippen LogP) is 2.90. The van der Waals surface area contributed by atoms with E-state index in [1.807, 2.05) is 6.07 Å². The molecule has 2 aromatic carbocycles. The summed E-state index contributed by atoms with van der Waals surface area (Å²) >= 11 is 0. The quantitative estimate of drug-likeness (QED) is 0.892. The minimum atomic E-state index is -0.909. The molecule has 3 nitrogen and oxygen atoms in total. The number of nitrogens with two attached hydrogens (primary N) is 1. The van der Waals surface area contributed by atoms with E-state index in [-0.39, 0.29) is 5.91 Å². The van der Waals surface area contributed by atoms with Crippen molar-refractivity contribution >= 4 is 11.6 Å². The molecule has 3 rings (SSSR count). The average molecular weight is 288 g/mol. The van der Waals surface area contributed by atoms with Crippen LogP contribution < -0.4 is 11.1 Å². The molecule has 1 amide bonds. The zero-order valence-corrected chi connectivity index (χ0v) is 11.2. The molecule has 21 heavy (non-hydrogen) atoms.